The minimum Gasteiger partial charge on any atom is -0.426 e. The number of esters is 2. The van der Waals surface area contributed by atoms with E-state index >= 15 is 0 Å². The number of benzene rings is 5. The molecular formula is C34H26O4. The topological polar surface area (TPSA) is 52.6 Å². The maximum Gasteiger partial charge on any atom is 0.308 e. The van der Waals surface area contributed by atoms with Gasteiger partial charge in [0, 0.05) is 25.0 Å². The third-order valence-corrected chi connectivity index (χ3v) is 6.20. The molecule has 0 fully saturated rings. The number of carbonyl (C=O) groups is 2. The summed E-state index contributed by atoms with van der Waals surface area (Å²) in [5, 5.41) is 0. The molecule has 38 heavy (non-hydrogen) atoms. The van der Waals surface area contributed by atoms with E-state index in [9.17, 15) is 9.59 Å². The molecule has 0 N–H and O–H groups in total. The Bertz CT molecular complexity index is 1450. The van der Waals surface area contributed by atoms with Crippen LogP contribution in [0.3, 0.4) is 0 Å². The van der Waals surface area contributed by atoms with Crippen LogP contribution in [0.2, 0.25) is 0 Å². The van der Waals surface area contributed by atoms with E-state index in [2.05, 4.69) is 24.3 Å². The van der Waals surface area contributed by atoms with Crippen LogP contribution in [0, 0.1) is 0 Å². The van der Waals surface area contributed by atoms with Crippen LogP contribution in [0.15, 0.2) is 121 Å². The molecule has 0 aliphatic carbocycles. The number of ether oxygens (including phenoxy) is 2. The lowest BCUT2D eigenvalue weighted by Crippen LogP contribution is -2.06. The zero-order valence-electron chi connectivity index (χ0n) is 21.2. The molecule has 0 radical (unpaired) electrons. The van der Waals surface area contributed by atoms with Crippen molar-refractivity contribution in [2.24, 2.45) is 0 Å². The smallest absolute Gasteiger partial charge is 0.308 e. The Morgan fingerprint density at radius 2 is 0.711 bits per heavy atom. The fraction of sp³-hybridized carbons (Fsp3) is 0.0588. The van der Waals surface area contributed by atoms with Gasteiger partial charge in [-0.1, -0.05) is 109 Å². The van der Waals surface area contributed by atoms with Crippen molar-refractivity contribution in [3.8, 4) is 56.0 Å². The van der Waals surface area contributed by atoms with Crippen molar-refractivity contribution in [2.75, 3.05) is 0 Å². The lowest BCUT2D eigenvalue weighted by atomic mass is 9.95. The molecule has 0 amide bonds. The molecule has 186 valence electrons. The fourth-order valence-electron chi connectivity index (χ4n) is 4.44. The molecule has 0 spiro atoms. The van der Waals surface area contributed by atoms with Gasteiger partial charge in [-0.05, 0) is 45.5 Å². The van der Waals surface area contributed by atoms with Crippen molar-refractivity contribution in [1.29, 1.82) is 0 Å². The number of carbonyl (C=O) groups excluding carboxylic acids is 2. The Kier molecular flexibility index (Phi) is 7.14. The zero-order chi connectivity index (χ0) is 26.5. The summed E-state index contributed by atoms with van der Waals surface area (Å²) < 4.78 is 11.3. The van der Waals surface area contributed by atoms with E-state index in [0.29, 0.717) is 22.6 Å². The first-order valence-electron chi connectivity index (χ1n) is 12.3. The van der Waals surface area contributed by atoms with Gasteiger partial charge in [0.2, 0.25) is 0 Å². The maximum atomic E-state index is 12.0. The third-order valence-electron chi connectivity index (χ3n) is 6.20. The molecule has 0 unspecified atom stereocenters. The van der Waals surface area contributed by atoms with Crippen molar-refractivity contribution in [3.63, 3.8) is 0 Å². The summed E-state index contributed by atoms with van der Waals surface area (Å²) in [6.45, 7) is 2.74. The van der Waals surface area contributed by atoms with Crippen LogP contribution in [-0.4, -0.2) is 11.9 Å². The van der Waals surface area contributed by atoms with Crippen LogP contribution in [0.25, 0.3) is 44.5 Å². The standard InChI is InChI=1S/C34H26O4/c1-23(35)37-33-21-32(30-19-15-28(16-20-30)26-11-7-4-8-12-26)34(38-24(2)36)22-31(33)29-17-13-27(14-18-29)25-9-5-3-6-10-25/h3-22H,1-2H3. The molecular weight excluding hydrogens is 472 g/mol. The molecule has 5 rings (SSSR count). The van der Waals surface area contributed by atoms with Crippen LogP contribution >= 0.6 is 0 Å². The Morgan fingerprint density at radius 3 is 1.03 bits per heavy atom. The second kappa shape index (κ2) is 11.0. The van der Waals surface area contributed by atoms with Crippen LogP contribution < -0.4 is 9.47 Å². The third kappa shape index (κ3) is 5.55. The van der Waals surface area contributed by atoms with E-state index in [0.717, 1.165) is 33.4 Å². The SMILES string of the molecule is CC(=O)Oc1cc(-c2ccc(-c3ccccc3)cc2)c(OC(C)=O)cc1-c1ccc(-c2ccccc2)cc1. The Morgan fingerprint density at radius 1 is 0.421 bits per heavy atom. The average molecular weight is 499 g/mol. The summed E-state index contributed by atoms with van der Waals surface area (Å²) >= 11 is 0. The molecule has 5 aromatic carbocycles. The average Bonchev–Trinajstić information content (AvgIpc) is 2.94. The molecule has 0 heterocycles. The number of hydrogen-bond donors (Lipinski definition) is 0. The molecule has 0 aliphatic rings. The van der Waals surface area contributed by atoms with E-state index in [1.165, 1.54) is 13.8 Å². The molecule has 5 aromatic rings. The lowest BCUT2D eigenvalue weighted by Gasteiger charge is -2.16. The van der Waals surface area contributed by atoms with Gasteiger partial charge in [-0.25, -0.2) is 0 Å². The molecule has 0 saturated heterocycles. The highest BCUT2D eigenvalue weighted by Crippen LogP contribution is 2.42. The normalized spacial score (nSPS) is 10.6. The van der Waals surface area contributed by atoms with Gasteiger partial charge in [-0.2, -0.15) is 0 Å². The summed E-state index contributed by atoms with van der Waals surface area (Å²) in [5.41, 5.74) is 7.32. The summed E-state index contributed by atoms with van der Waals surface area (Å²) in [6, 6.07) is 39.6. The predicted molar refractivity (Wildman–Crippen MR) is 151 cm³/mol. The second-order valence-corrected chi connectivity index (χ2v) is 8.92. The van der Waals surface area contributed by atoms with Crippen LogP contribution in [0.1, 0.15) is 13.8 Å². The van der Waals surface area contributed by atoms with Crippen LogP contribution in [0.4, 0.5) is 0 Å². The summed E-state index contributed by atoms with van der Waals surface area (Å²) in [7, 11) is 0. The molecule has 4 heteroatoms. The van der Waals surface area contributed by atoms with E-state index in [1.807, 2.05) is 84.9 Å². The van der Waals surface area contributed by atoms with Crippen molar-refractivity contribution in [2.45, 2.75) is 13.8 Å². The summed E-state index contributed by atoms with van der Waals surface area (Å²) in [5.74, 6) is -0.0819. The van der Waals surface area contributed by atoms with Gasteiger partial charge >= 0.3 is 11.9 Å². The quantitative estimate of drug-likeness (QED) is 0.175. The van der Waals surface area contributed by atoms with Crippen LogP contribution in [-0.2, 0) is 9.59 Å². The highest BCUT2D eigenvalue weighted by Gasteiger charge is 2.18. The van der Waals surface area contributed by atoms with Crippen LogP contribution in [0.5, 0.6) is 11.5 Å². The van der Waals surface area contributed by atoms with Crippen molar-refractivity contribution < 1.29 is 19.1 Å². The minimum absolute atomic E-state index is 0.392. The molecule has 0 atom stereocenters. The van der Waals surface area contributed by atoms with Crippen molar-refractivity contribution in [3.05, 3.63) is 121 Å². The second-order valence-electron chi connectivity index (χ2n) is 8.92. The molecule has 0 saturated carbocycles. The van der Waals surface area contributed by atoms with Gasteiger partial charge < -0.3 is 9.47 Å². The first-order valence-corrected chi connectivity index (χ1v) is 12.3. The highest BCUT2D eigenvalue weighted by molar-refractivity contribution is 5.86. The Labute approximate surface area is 222 Å². The number of rotatable bonds is 6. The molecule has 0 aliphatic heterocycles. The zero-order valence-corrected chi connectivity index (χ0v) is 21.2. The van der Waals surface area contributed by atoms with Gasteiger partial charge in [0.05, 0.1) is 0 Å². The summed E-state index contributed by atoms with van der Waals surface area (Å²) in [4.78, 5) is 24.1. The maximum absolute atomic E-state index is 12.0. The summed E-state index contributed by atoms with van der Waals surface area (Å²) in [6.07, 6.45) is 0. The van der Waals surface area contributed by atoms with Gasteiger partial charge in [-0.15, -0.1) is 0 Å². The van der Waals surface area contributed by atoms with E-state index in [1.54, 1.807) is 12.1 Å². The van der Waals surface area contributed by atoms with E-state index in [4.69, 9.17) is 9.47 Å². The molecule has 4 nitrogen and oxygen atoms in total. The molecule has 0 bridgehead atoms. The van der Waals surface area contributed by atoms with Gasteiger partial charge in [-0.3, -0.25) is 9.59 Å². The Hall–Kier alpha value is -4.96. The van der Waals surface area contributed by atoms with Gasteiger partial charge in [0.15, 0.2) is 0 Å². The minimum atomic E-state index is -0.433. The predicted octanol–water partition coefficient (Wildman–Crippen LogP) is 8.21. The first kappa shape index (κ1) is 24.7. The van der Waals surface area contributed by atoms with E-state index < -0.39 is 11.9 Å². The monoisotopic (exact) mass is 498 g/mol. The lowest BCUT2D eigenvalue weighted by molar-refractivity contribution is -0.133. The van der Waals surface area contributed by atoms with E-state index in [-0.39, 0.29) is 0 Å². The largest absolute Gasteiger partial charge is 0.426 e. The van der Waals surface area contributed by atoms with Gasteiger partial charge in [0.1, 0.15) is 11.5 Å². The van der Waals surface area contributed by atoms with Crippen molar-refractivity contribution in [1.82, 2.24) is 0 Å². The van der Waals surface area contributed by atoms with Crippen molar-refractivity contribution >= 4 is 11.9 Å². The highest BCUT2D eigenvalue weighted by atomic mass is 16.5. The Balaban J connectivity index is 1.59. The fourth-order valence-corrected chi connectivity index (χ4v) is 4.44. The first-order chi connectivity index (χ1) is 18.5. The number of hydrogen-bond acceptors (Lipinski definition) is 4. The molecule has 0 aromatic heterocycles. The van der Waals surface area contributed by atoms with Gasteiger partial charge in [0.25, 0.3) is 0 Å².